The number of fused-ring (bicyclic) bond motifs is 1. The molecule has 3 aromatic carbocycles. The fourth-order valence-electron chi connectivity index (χ4n) is 3.77. The molecule has 4 rings (SSSR count). The number of hydrogen-bond donors (Lipinski definition) is 0. The topological polar surface area (TPSA) is 93.1 Å². The summed E-state index contributed by atoms with van der Waals surface area (Å²) in [4.78, 5) is 13.5. The molecule has 1 aromatic heterocycles. The van der Waals surface area contributed by atoms with Gasteiger partial charge in [0.15, 0.2) is 0 Å². The van der Waals surface area contributed by atoms with E-state index in [1.165, 1.54) is 52.7 Å². The van der Waals surface area contributed by atoms with E-state index < -0.39 is 15.5 Å². The third-order valence-electron chi connectivity index (χ3n) is 5.53. The van der Waals surface area contributed by atoms with Crippen molar-refractivity contribution in [3.05, 3.63) is 75.4 Å². The Hall–Kier alpha value is -3.50. The maximum absolute atomic E-state index is 14.1. The van der Waals surface area contributed by atoms with Crippen molar-refractivity contribution in [2.75, 3.05) is 28.4 Å². The lowest BCUT2D eigenvalue weighted by Gasteiger charge is -2.21. The van der Waals surface area contributed by atoms with Gasteiger partial charge in [0.2, 0.25) is 5.43 Å². The molecular weight excluding hydrogens is 538 g/mol. The summed E-state index contributed by atoms with van der Waals surface area (Å²) in [6.07, 6.45) is 0. The van der Waals surface area contributed by atoms with E-state index >= 15 is 0 Å². The Morgan fingerprint density at radius 3 is 1.80 bits per heavy atom. The summed E-state index contributed by atoms with van der Waals surface area (Å²) in [7, 11) is 1.66. The molecule has 0 fully saturated rings. The van der Waals surface area contributed by atoms with Crippen molar-refractivity contribution in [1.82, 2.24) is 3.97 Å². The number of pyridine rings is 1. The normalized spacial score (nSPS) is 11.3. The van der Waals surface area contributed by atoms with Gasteiger partial charge in [-0.25, -0.2) is 12.4 Å². The molecule has 0 radical (unpaired) electrons. The third kappa shape index (κ3) is 4.23. The number of rotatable bonds is 7. The molecule has 1 heterocycles. The number of ether oxygens (including phenoxy) is 4. The lowest BCUT2D eigenvalue weighted by atomic mass is 10.1. The van der Waals surface area contributed by atoms with Crippen LogP contribution in [0.4, 0.5) is 0 Å². The number of hydrogen-bond acceptors (Lipinski definition) is 7. The lowest BCUT2D eigenvalue weighted by Crippen LogP contribution is -2.22. The molecule has 0 aliphatic carbocycles. The number of nitrogens with zero attached hydrogens (tertiary/aromatic N) is 1. The van der Waals surface area contributed by atoms with E-state index in [0.29, 0.717) is 22.8 Å². The fraction of sp³-hybridized carbons (Fsp3) is 0.160. The van der Waals surface area contributed by atoms with Gasteiger partial charge in [-0.1, -0.05) is 0 Å². The van der Waals surface area contributed by atoms with Crippen molar-refractivity contribution in [3.8, 4) is 34.3 Å². The maximum Gasteiger partial charge on any atom is 0.268 e. The van der Waals surface area contributed by atoms with Crippen molar-refractivity contribution < 1.29 is 27.4 Å². The van der Waals surface area contributed by atoms with Crippen LogP contribution in [0.2, 0.25) is 0 Å². The minimum atomic E-state index is -4.22. The van der Waals surface area contributed by atoms with Gasteiger partial charge in [-0.05, 0) is 64.5 Å². The van der Waals surface area contributed by atoms with Crippen LogP contribution < -0.4 is 24.4 Å². The lowest BCUT2D eigenvalue weighted by molar-refractivity contribution is 0.397. The van der Waals surface area contributed by atoms with Crippen LogP contribution in [0.25, 0.3) is 22.2 Å². The molecule has 0 saturated carbocycles. The standard InChI is InChI=1S/C25H22BrNO7S/c1-31-16-7-5-15(6-8-16)24-23(26)25(28)22-20(13-18(33-3)14-21(22)34-4)27(24)35(29,30)19-11-9-17(32-2)10-12-19/h5-14H,1-4H3. The van der Waals surface area contributed by atoms with Crippen LogP contribution in [0.3, 0.4) is 0 Å². The number of aromatic nitrogens is 1. The highest BCUT2D eigenvalue weighted by Crippen LogP contribution is 2.38. The zero-order chi connectivity index (χ0) is 25.3. The Morgan fingerprint density at radius 1 is 0.743 bits per heavy atom. The Labute approximate surface area is 210 Å². The largest absolute Gasteiger partial charge is 0.497 e. The van der Waals surface area contributed by atoms with Gasteiger partial charge < -0.3 is 18.9 Å². The first-order chi connectivity index (χ1) is 16.8. The van der Waals surface area contributed by atoms with E-state index in [0.717, 1.165) is 3.97 Å². The quantitative estimate of drug-likeness (QED) is 0.324. The third-order valence-corrected chi connectivity index (χ3v) is 7.99. The van der Waals surface area contributed by atoms with E-state index in [4.69, 9.17) is 18.9 Å². The second-order valence-corrected chi connectivity index (χ2v) is 9.97. The molecule has 8 nitrogen and oxygen atoms in total. The highest BCUT2D eigenvalue weighted by molar-refractivity contribution is 9.10. The minimum absolute atomic E-state index is 0.00620. The molecule has 0 aliphatic rings. The monoisotopic (exact) mass is 559 g/mol. The predicted octanol–water partition coefficient (Wildman–Crippen LogP) is 4.70. The van der Waals surface area contributed by atoms with Crippen molar-refractivity contribution in [1.29, 1.82) is 0 Å². The summed E-state index contributed by atoms with van der Waals surface area (Å²) < 4.78 is 50.7. The van der Waals surface area contributed by atoms with Crippen molar-refractivity contribution in [3.63, 3.8) is 0 Å². The van der Waals surface area contributed by atoms with Crippen molar-refractivity contribution >= 4 is 36.9 Å². The SMILES string of the molecule is COc1ccc(-c2c(Br)c(=O)c3c(OC)cc(OC)cc3n2S(=O)(=O)c2ccc(OC)cc2)cc1. The van der Waals surface area contributed by atoms with Gasteiger partial charge in [0.05, 0.1) is 54.4 Å². The molecule has 35 heavy (non-hydrogen) atoms. The van der Waals surface area contributed by atoms with Gasteiger partial charge in [-0.15, -0.1) is 0 Å². The van der Waals surface area contributed by atoms with E-state index in [-0.39, 0.29) is 31.7 Å². The zero-order valence-corrected chi connectivity index (χ0v) is 21.8. The van der Waals surface area contributed by atoms with Gasteiger partial charge in [-0.3, -0.25) is 4.79 Å². The molecule has 10 heteroatoms. The molecule has 0 amide bonds. The molecule has 0 N–H and O–H groups in total. The van der Waals surface area contributed by atoms with Gasteiger partial charge >= 0.3 is 0 Å². The number of benzene rings is 3. The van der Waals surface area contributed by atoms with Gasteiger partial charge in [0.1, 0.15) is 23.0 Å². The van der Waals surface area contributed by atoms with Crippen LogP contribution in [0, 0.1) is 0 Å². The van der Waals surface area contributed by atoms with E-state index in [1.807, 2.05) is 0 Å². The molecular formula is C25H22BrNO7S. The predicted molar refractivity (Wildman–Crippen MR) is 137 cm³/mol. The van der Waals surface area contributed by atoms with Crippen LogP contribution in [0.15, 0.2) is 74.8 Å². The van der Waals surface area contributed by atoms with Crippen molar-refractivity contribution in [2.24, 2.45) is 0 Å². The summed E-state index contributed by atoms with van der Waals surface area (Å²) in [5.74, 6) is 1.61. The number of halogens is 1. The fourth-order valence-corrected chi connectivity index (χ4v) is 6.02. The van der Waals surface area contributed by atoms with Crippen LogP contribution in [-0.2, 0) is 10.0 Å². The van der Waals surface area contributed by atoms with E-state index in [2.05, 4.69) is 15.9 Å². The van der Waals surface area contributed by atoms with E-state index in [1.54, 1.807) is 36.4 Å². The van der Waals surface area contributed by atoms with Gasteiger partial charge in [-0.2, -0.15) is 0 Å². The van der Waals surface area contributed by atoms with Gasteiger partial charge in [0, 0.05) is 17.7 Å². The summed E-state index contributed by atoms with van der Waals surface area (Å²) >= 11 is 3.38. The Bertz CT molecular complexity index is 1560. The Kier molecular flexibility index (Phi) is 6.77. The molecule has 182 valence electrons. The average Bonchev–Trinajstić information content (AvgIpc) is 2.89. The van der Waals surface area contributed by atoms with Crippen LogP contribution in [0.5, 0.6) is 23.0 Å². The Morgan fingerprint density at radius 2 is 1.29 bits per heavy atom. The smallest absolute Gasteiger partial charge is 0.268 e. The Balaban J connectivity index is 2.20. The first-order valence-electron chi connectivity index (χ1n) is 10.3. The summed E-state index contributed by atoms with van der Waals surface area (Å²) in [6, 6.07) is 15.8. The van der Waals surface area contributed by atoms with Crippen LogP contribution >= 0.6 is 15.9 Å². The second-order valence-electron chi connectivity index (χ2n) is 7.39. The van der Waals surface area contributed by atoms with Crippen LogP contribution in [0.1, 0.15) is 0 Å². The molecule has 0 spiro atoms. The molecule has 4 aromatic rings. The molecule has 0 saturated heterocycles. The highest BCUT2D eigenvalue weighted by Gasteiger charge is 2.28. The first kappa shape index (κ1) is 24.6. The summed E-state index contributed by atoms with van der Waals surface area (Å²) in [5.41, 5.74) is 0.314. The maximum atomic E-state index is 14.1. The van der Waals surface area contributed by atoms with E-state index in [9.17, 15) is 13.2 Å². The number of methoxy groups -OCH3 is 4. The minimum Gasteiger partial charge on any atom is -0.497 e. The first-order valence-corrected chi connectivity index (χ1v) is 12.5. The van der Waals surface area contributed by atoms with Crippen LogP contribution in [-0.4, -0.2) is 40.8 Å². The zero-order valence-electron chi connectivity index (χ0n) is 19.4. The summed E-state index contributed by atoms with van der Waals surface area (Å²) in [6.45, 7) is 0. The molecule has 0 unspecified atom stereocenters. The summed E-state index contributed by atoms with van der Waals surface area (Å²) in [5, 5.41) is 0.0922. The highest BCUT2D eigenvalue weighted by atomic mass is 79.9. The average molecular weight is 560 g/mol. The second kappa shape index (κ2) is 9.63. The molecule has 0 atom stereocenters. The van der Waals surface area contributed by atoms with Gasteiger partial charge in [0.25, 0.3) is 10.0 Å². The molecule has 0 aliphatic heterocycles. The molecule has 0 bridgehead atoms. The van der Waals surface area contributed by atoms with Crippen molar-refractivity contribution in [2.45, 2.75) is 4.90 Å².